The molecule has 1 fully saturated rings. The molecule has 1 aromatic carbocycles. The van der Waals surface area contributed by atoms with Crippen molar-refractivity contribution >= 4 is 15.7 Å². The van der Waals surface area contributed by atoms with Gasteiger partial charge in [-0.05, 0) is 63.6 Å². The summed E-state index contributed by atoms with van der Waals surface area (Å²) in [5.74, 6) is 0.522. The molecule has 0 aromatic heterocycles. The fourth-order valence-electron chi connectivity index (χ4n) is 2.50. The number of anilines is 1. The van der Waals surface area contributed by atoms with Crippen molar-refractivity contribution in [3.63, 3.8) is 0 Å². The molecule has 2 N–H and O–H groups in total. The molecule has 0 amide bonds. The summed E-state index contributed by atoms with van der Waals surface area (Å²) in [6.07, 6.45) is 2.27. The molecule has 112 valence electrons. The van der Waals surface area contributed by atoms with E-state index in [1.807, 2.05) is 20.8 Å². The maximum absolute atomic E-state index is 13.0. The first-order valence-electron chi connectivity index (χ1n) is 7.12. The van der Waals surface area contributed by atoms with E-state index in [4.69, 9.17) is 5.73 Å². The van der Waals surface area contributed by atoms with Crippen molar-refractivity contribution in [2.45, 2.75) is 51.5 Å². The van der Waals surface area contributed by atoms with Crippen molar-refractivity contribution in [2.75, 3.05) is 12.3 Å². The van der Waals surface area contributed by atoms with Crippen LogP contribution in [0, 0.1) is 19.8 Å². The third kappa shape index (κ3) is 2.83. The lowest BCUT2D eigenvalue weighted by molar-refractivity contribution is 0.341. The Bertz CT molecular complexity index is 605. The van der Waals surface area contributed by atoms with E-state index in [0.29, 0.717) is 28.6 Å². The Morgan fingerprint density at radius 1 is 1.30 bits per heavy atom. The van der Waals surface area contributed by atoms with E-state index in [1.54, 1.807) is 23.4 Å². The number of nitrogens with two attached hydrogens (primary N) is 1. The molecule has 1 aromatic rings. The number of rotatable bonds is 5. The number of hydrogen-bond donors (Lipinski definition) is 1. The minimum absolute atomic E-state index is 0.0409. The van der Waals surface area contributed by atoms with Crippen LogP contribution in [0.2, 0.25) is 0 Å². The zero-order valence-electron chi connectivity index (χ0n) is 12.7. The Morgan fingerprint density at radius 2 is 1.90 bits per heavy atom. The molecule has 0 radical (unpaired) electrons. The van der Waals surface area contributed by atoms with E-state index < -0.39 is 10.0 Å². The lowest BCUT2D eigenvalue weighted by atomic mass is 10.1. The van der Waals surface area contributed by atoms with E-state index in [1.165, 1.54) is 0 Å². The molecule has 0 bridgehead atoms. The van der Waals surface area contributed by atoms with Crippen LogP contribution in [-0.2, 0) is 10.0 Å². The average molecular weight is 296 g/mol. The second-order valence-electron chi connectivity index (χ2n) is 6.04. The van der Waals surface area contributed by atoms with Crippen molar-refractivity contribution < 1.29 is 8.42 Å². The van der Waals surface area contributed by atoms with E-state index >= 15 is 0 Å². The average Bonchev–Trinajstić information content (AvgIpc) is 3.14. The third-order valence-electron chi connectivity index (χ3n) is 3.92. The van der Waals surface area contributed by atoms with Crippen LogP contribution in [0.4, 0.5) is 5.69 Å². The molecule has 2 rings (SSSR count). The van der Waals surface area contributed by atoms with Crippen molar-refractivity contribution in [1.82, 2.24) is 4.31 Å². The van der Waals surface area contributed by atoms with Crippen molar-refractivity contribution in [3.05, 3.63) is 23.3 Å². The second kappa shape index (κ2) is 5.37. The third-order valence-corrected chi connectivity index (χ3v) is 6.25. The maximum atomic E-state index is 13.0. The number of sulfonamides is 1. The van der Waals surface area contributed by atoms with Gasteiger partial charge in [0, 0.05) is 18.3 Å². The smallest absolute Gasteiger partial charge is 0.243 e. The predicted molar refractivity (Wildman–Crippen MR) is 82.1 cm³/mol. The van der Waals surface area contributed by atoms with Crippen molar-refractivity contribution in [3.8, 4) is 0 Å². The van der Waals surface area contributed by atoms with Gasteiger partial charge >= 0.3 is 0 Å². The van der Waals surface area contributed by atoms with Crippen LogP contribution < -0.4 is 5.73 Å². The molecular weight excluding hydrogens is 272 g/mol. The van der Waals surface area contributed by atoms with Crippen LogP contribution in [-0.4, -0.2) is 25.3 Å². The number of benzene rings is 1. The summed E-state index contributed by atoms with van der Waals surface area (Å²) in [7, 11) is -3.49. The standard InChI is InChI=1S/C15H24N2O2S/c1-10(2)17(9-13-6-7-13)20(18,19)15-11(3)5-8-14(16)12(15)4/h5,8,10,13H,6-7,9,16H2,1-4H3. The number of nitrogens with zero attached hydrogens (tertiary/aromatic N) is 1. The summed E-state index contributed by atoms with van der Waals surface area (Å²) >= 11 is 0. The predicted octanol–water partition coefficient (Wildman–Crippen LogP) is 2.69. The van der Waals surface area contributed by atoms with Gasteiger partial charge in [0.1, 0.15) is 0 Å². The molecule has 1 aliphatic rings. The summed E-state index contributed by atoms with van der Waals surface area (Å²) in [5.41, 5.74) is 7.85. The summed E-state index contributed by atoms with van der Waals surface area (Å²) < 4.78 is 27.6. The highest BCUT2D eigenvalue weighted by Gasteiger charge is 2.35. The lowest BCUT2D eigenvalue weighted by Gasteiger charge is -2.27. The fraction of sp³-hybridized carbons (Fsp3) is 0.600. The van der Waals surface area contributed by atoms with E-state index in [2.05, 4.69) is 0 Å². The highest BCUT2D eigenvalue weighted by atomic mass is 32.2. The van der Waals surface area contributed by atoms with Gasteiger partial charge in [0.05, 0.1) is 4.90 Å². The Balaban J connectivity index is 2.49. The molecule has 0 spiro atoms. The van der Waals surface area contributed by atoms with Gasteiger partial charge in [0.15, 0.2) is 0 Å². The molecule has 0 unspecified atom stereocenters. The van der Waals surface area contributed by atoms with Gasteiger partial charge in [-0.3, -0.25) is 0 Å². The van der Waals surface area contributed by atoms with Crippen molar-refractivity contribution in [2.24, 2.45) is 5.92 Å². The van der Waals surface area contributed by atoms with Gasteiger partial charge in [0.25, 0.3) is 0 Å². The lowest BCUT2D eigenvalue weighted by Crippen LogP contribution is -2.39. The highest BCUT2D eigenvalue weighted by molar-refractivity contribution is 7.89. The van der Waals surface area contributed by atoms with Crippen LogP contribution in [0.25, 0.3) is 0 Å². The molecule has 0 atom stereocenters. The minimum atomic E-state index is -3.49. The fourth-order valence-corrected chi connectivity index (χ4v) is 4.67. The maximum Gasteiger partial charge on any atom is 0.243 e. The number of nitrogen functional groups attached to an aromatic ring is 1. The van der Waals surface area contributed by atoms with Gasteiger partial charge in [-0.15, -0.1) is 0 Å². The van der Waals surface area contributed by atoms with E-state index in [-0.39, 0.29) is 6.04 Å². The van der Waals surface area contributed by atoms with Gasteiger partial charge < -0.3 is 5.73 Å². The van der Waals surface area contributed by atoms with Gasteiger partial charge in [-0.2, -0.15) is 4.31 Å². The first-order valence-corrected chi connectivity index (χ1v) is 8.56. The monoisotopic (exact) mass is 296 g/mol. The largest absolute Gasteiger partial charge is 0.398 e. The first kappa shape index (κ1) is 15.3. The molecule has 0 saturated heterocycles. The van der Waals surface area contributed by atoms with Crippen molar-refractivity contribution in [1.29, 1.82) is 0 Å². The van der Waals surface area contributed by atoms with Gasteiger partial charge in [-0.1, -0.05) is 6.07 Å². The molecule has 0 aliphatic heterocycles. The number of aryl methyl sites for hydroxylation is 1. The zero-order valence-corrected chi connectivity index (χ0v) is 13.5. The zero-order chi connectivity index (χ0) is 15.1. The Hall–Kier alpha value is -1.07. The van der Waals surface area contributed by atoms with E-state index in [0.717, 1.165) is 18.4 Å². The summed E-state index contributed by atoms with van der Waals surface area (Å²) in [6, 6.07) is 3.51. The number of hydrogen-bond acceptors (Lipinski definition) is 3. The van der Waals surface area contributed by atoms with Crippen LogP contribution in [0.5, 0.6) is 0 Å². The van der Waals surface area contributed by atoms with Crippen LogP contribution in [0.1, 0.15) is 37.8 Å². The SMILES string of the molecule is Cc1ccc(N)c(C)c1S(=O)(=O)N(CC1CC1)C(C)C. The van der Waals surface area contributed by atoms with Gasteiger partial charge in [0.2, 0.25) is 10.0 Å². The highest BCUT2D eigenvalue weighted by Crippen LogP contribution is 2.34. The Morgan fingerprint density at radius 3 is 2.40 bits per heavy atom. The summed E-state index contributed by atoms with van der Waals surface area (Å²) in [6.45, 7) is 8.08. The Kier molecular flexibility index (Phi) is 4.12. The molecule has 4 nitrogen and oxygen atoms in total. The van der Waals surface area contributed by atoms with Gasteiger partial charge in [-0.25, -0.2) is 8.42 Å². The first-order chi connectivity index (χ1) is 9.25. The molecule has 1 aliphatic carbocycles. The van der Waals surface area contributed by atoms with Crippen LogP contribution in [0.3, 0.4) is 0 Å². The molecule has 1 saturated carbocycles. The molecule has 5 heteroatoms. The van der Waals surface area contributed by atoms with Crippen LogP contribution >= 0.6 is 0 Å². The topological polar surface area (TPSA) is 63.4 Å². The molecule has 0 heterocycles. The molecular formula is C15H24N2O2S. The second-order valence-corrected chi connectivity index (χ2v) is 7.87. The minimum Gasteiger partial charge on any atom is -0.398 e. The summed E-state index contributed by atoms with van der Waals surface area (Å²) in [5, 5.41) is 0. The van der Waals surface area contributed by atoms with Crippen LogP contribution in [0.15, 0.2) is 17.0 Å². The Labute approximate surface area is 122 Å². The summed E-state index contributed by atoms with van der Waals surface area (Å²) in [4.78, 5) is 0.381. The molecule has 20 heavy (non-hydrogen) atoms. The normalized spacial score (nSPS) is 16.1. The quantitative estimate of drug-likeness (QED) is 0.850. The van der Waals surface area contributed by atoms with E-state index in [9.17, 15) is 8.42 Å².